The number of nitrogens with zero attached hydrogens (tertiary/aromatic N) is 1. The SMILES string of the molecule is C[C@@H](c1ccccc1)N(Cc1cccc2c1OCO2)C(=O)c1ccco1. The van der Waals surface area contributed by atoms with Crippen LogP contribution >= 0.6 is 0 Å². The summed E-state index contributed by atoms with van der Waals surface area (Å²) in [7, 11) is 0. The summed E-state index contributed by atoms with van der Waals surface area (Å²) in [5.41, 5.74) is 1.96. The molecule has 0 saturated heterocycles. The van der Waals surface area contributed by atoms with E-state index in [0.29, 0.717) is 23.8 Å². The van der Waals surface area contributed by atoms with Gasteiger partial charge in [-0.1, -0.05) is 42.5 Å². The highest BCUT2D eigenvalue weighted by atomic mass is 16.7. The van der Waals surface area contributed by atoms with Crippen LogP contribution in [0.3, 0.4) is 0 Å². The molecule has 1 atom stereocenters. The van der Waals surface area contributed by atoms with E-state index >= 15 is 0 Å². The summed E-state index contributed by atoms with van der Waals surface area (Å²) >= 11 is 0. The first-order valence-electron chi connectivity index (χ1n) is 8.51. The molecule has 3 aromatic rings. The van der Waals surface area contributed by atoms with E-state index in [1.807, 2.05) is 55.5 Å². The Bertz CT molecular complexity index is 890. The van der Waals surface area contributed by atoms with E-state index in [4.69, 9.17) is 13.9 Å². The van der Waals surface area contributed by atoms with Gasteiger partial charge in [-0.25, -0.2) is 0 Å². The summed E-state index contributed by atoms with van der Waals surface area (Å²) in [5.74, 6) is 1.56. The minimum atomic E-state index is -0.164. The van der Waals surface area contributed by atoms with Crippen molar-refractivity contribution in [3.8, 4) is 11.5 Å². The van der Waals surface area contributed by atoms with E-state index < -0.39 is 0 Å². The second-order valence-corrected chi connectivity index (χ2v) is 6.15. The van der Waals surface area contributed by atoms with Crippen LogP contribution in [0.25, 0.3) is 0 Å². The van der Waals surface area contributed by atoms with Gasteiger partial charge in [-0.15, -0.1) is 0 Å². The van der Waals surface area contributed by atoms with Gasteiger partial charge in [-0.2, -0.15) is 0 Å². The van der Waals surface area contributed by atoms with Crippen LogP contribution in [0.15, 0.2) is 71.3 Å². The van der Waals surface area contributed by atoms with Gasteiger partial charge < -0.3 is 18.8 Å². The second kappa shape index (κ2) is 6.96. The number of benzene rings is 2. The average Bonchev–Trinajstić information content (AvgIpc) is 3.37. The molecule has 5 nitrogen and oxygen atoms in total. The van der Waals surface area contributed by atoms with Crippen LogP contribution in [0.5, 0.6) is 11.5 Å². The lowest BCUT2D eigenvalue weighted by Gasteiger charge is -2.29. The highest BCUT2D eigenvalue weighted by Gasteiger charge is 2.27. The van der Waals surface area contributed by atoms with Gasteiger partial charge >= 0.3 is 0 Å². The molecule has 0 spiro atoms. The van der Waals surface area contributed by atoms with Gasteiger partial charge in [0.05, 0.1) is 18.8 Å². The summed E-state index contributed by atoms with van der Waals surface area (Å²) in [5, 5.41) is 0. The molecule has 0 fully saturated rings. The van der Waals surface area contributed by atoms with E-state index in [1.165, 1.54) is 6.26 Å². The fourth-order valence-corrected chi connectivity index (χ4v) is 3.14. The molecule has 1 aliphatic rings. The third kappa shape index (κ3) is 3.04. The maximum Gasteiger partial charge on any atom is 0.290 e. The van der Waals surface area contributed by atoms with Crippen molar-refractivity contribution < 1.29 is 18.7 Å². The van der Waals surface area contributed by atoms with Gasteiger partial charge in [0, 0.05) is 5.56 Å². The molecule has 132 valence electrons. The van der Waals surface area contributed by atoms with Crippen molar-refractivity contribution in [1.29, 1.82) is 0 Å². The number of rotatable bonds is 5. The third-order valence-corrected chi connectivity index (χ3v) is 4.56. The standard InChI is InChI=1S/C21H19NO4/c1-15(16-7-3-2-4-8-16)22(21(23)19-11-6-12-24-19)13-17-9-5-10-18-20(17)26-14-25-18/h2-12,15H,13-14H2,1H3/t15-/m0/s1. The third-order valence-electron chi connectivity index (χ3n) is 4.56. The van der Waals surface area contributed by atoms with Gasteiger partial charge in [-0.3, -0.25) is 4.79 Å². The molecule has 1 aliphatic heterocycles. The number of hydrogen-bond acceptors (Lipinski definition) is 4. The molecule has 4 rings (SSSR count). The Morgan fingerprint density at radius 1 is 1.04 bits per heavy atom. The summed E-state index contributed by atoms with van der Waals surface area (Å²) < 4.78 is 16.4. The minimum Gasteiger partial charge on any atom is -0.459 e. The van der Waals surface area contributed by atoms with Gasteiger partial charge in [-0.05, 0) is 30.7 Å². The zero-order valence-corrected chi connectivity index (χ0v) is 14.4. The Morgan fingerprint density at radius 3 is 2.65 bits per heavy atom. The normalized spacial score (nSPS) is 13.4. The van der Waals surface area contributed by atoms with Crippen LogP contribution in [-0.4, -0.2) is 17.6 Å². The number of fused-ring (bicyclic) bond motifs is 1. The lowest BCUT2D eigenvalue weighted by Crippen LogP contribution is -2.33. The molecule has 5 heteroatoms. The number of para-hydroxylation sites is 1. The van der Waals surface area contributed by atoms with Crippen molar-refractivity contribution in [3.63, 3.8) is 0 Å². The predicted molar refractivity (Wildman–Crippen MR) is 96.0 cm³/mol. The zero-order chi connectivity index (χ0) is 17.9. The Balaban J connectivity index is 1.69. The van der Waals surface area contributed by atoms with Gasteiger partial charge in [0.15, 0.2) is 17.3 Å². The smallest absolute Gasteiger partial charge is 0.290 e. The number of hydrogen-bond donors (Lipinski definition) is 0. The largest absolute Gasteiger partial charge is 0.459 e. The average molecular weight is 349 g/mol. The number of amides is 1. The number of carbonyl (C=O) groups excluding carboxylic acids is 1. The number of carbonyl (C=O) groups is 1. The van der Waals surface area contributed by atoms with Crippen LogP contribution in [0.2, 0.25) is 0 Å². The molecule has 0 unspecified atom stereocenters. The molecule has 0 bridgehead atoms. The van der Waals surface area contributed by atoms with Crippen molar-refractivity contribution >= 4 is 5.91 Å². The molecule has 0 radical (unpaired) electrons. The molecular formula is C21H19NO4. The van der Waals surface area contributed by atoms with Crippen molar-refractivity contribution in [2.24, 2.45) is 0 Å². The molecule has 2 aromatic carbocycles. The van der Waals surface area contributed by atoms with E-state index in [-0.39, 0.29) is 18.7 Å². The topological polar surface area (TPSA) is 51.9 Å². The summed E-state index contributed by atoms with van der Waals surface area (Å²) in [4.78, 5) is 14.9. The second-order valence-electron chi connectivity index (χ2n) is 6.15. The fourth-order valence-electron chi connectivity index (χ4n) is 3.14. The Labute approximate surface area is 151 Å². The maximum atomic E-state index is 13.1. The first-order chi connectivity index (χ1) is 12.7. The summed E-state index contributed by atoms with van der Waals surface area (Å²) in [6.45, 7) is 2.60. The molecule has 26 heavy (non-hydrogen) atoms. The molecule has 0 aliphatic carbocycles. The molecule has 0 N–H and O–H groups in total. The van der Waals surface area contributed by atoms with Crippen LogP contribution in [0, 0.1) is 0 Å². The lowest BCUT2D eigenvalue weighted by atomic mass is 10.0. The number of ether oxygens (including phenoxy) is 2. The monoisotopic (exact) mass is 349 g/mol. The summed E-state index contributed by atoms with van der Waals surface area (Å²) in [6, 6.07) is 18.9. The van der Waals surface area contributed by atoms with Gasteiger partial charge in [0.1, 0.15) is 0 Å². The van der Waals surface area contributed by atoms with Crippen molar-refractivity contribution in [2.75, 3.05) is 6.79 Å². The van der Waals surface area contributed by atoms with Crippen LogP contribution in [0.1, 0.15) is 34.6 Å². The van der Waals surface area contributed by atoms with Gasteiger partial charge in [0.2, 0.25) is 6.79 Å². The Morgan fingerprint density at radius 2 is 1.88 bits per heavy atom. The first kappa shape index (κ1) is 16.3. The first-order valence-corrected chi connectivity index (χ1v) is 8.51. The van der Waals surface area contributed by atoms with E-state index in [2.05, 4.69) is 0 Å². The zero-order valence-electron chi connectivity index (χ0n) is 14.4. The molecule has 1 aromatic heterocycles. The highest BCUT2D eigenvalue weighted by Crippen LogP contribution is 2.37. The predicted octanol–water partition coefficient (Wildman–Crippen LogP) is 4.41. The van der Waals surface area contributed by atoms with Crippen LogP contribution < -0.4 is 9.47 Å². The van der Waals surface area contributed by atoms with Crippen molar-refractivity contribution in [1.82, 2.24) is 4.90 Å². The van der Waals surface area contributed by atoms with Crippen molar-refractivity contribution in [2.45, 2.75) is 19.5 Å². The quantitative estimate of drug-likeness (QED) is 0.684. The Kier molecular flexibility index (Phi) is 4.35. The molecule has 2 heterocycles. The van der Waals surface area contributed by atoms with E-state index in [1.54, 1.807) is 17.0 Å². The Hall–Kier alpha value is -3.21. The number of furan rings is 1. The molecule has 1 amide bonds. The fraction of sp³-hybridized carbons (Fsp3) is 0.190. The lowest BCUT2D eigenvalue weighted by molar-refractivity contribution is 0.0639. The van der Waals surface area contributed by atoms with Crippen molar-refractivity contribution in [3.05, 3.63) is 83.8 Å². The van der Waals surface area contributed by atoms with E-state index in [0.717, 1.165) is 11.1 Å². The summed E-state index contributed by atoms with van der Waals surface area (Å²) in [6.07, 6.45) is 1.51. The van der Waals surface area contributed by atoms with Crippen LogP contribution in [-0.2, 0) is 6.54 Å². The van der Waals surface area contributed by atoms with Crippen LogP contribution in [0.4, 0.5) is 0 Å². The minimum absolute atomic E-state index is 0.132. The molecular weight excluding hydrogens is 330 g/mol. The molecule has 0 saturated carbocycles. The van der Waals surface area contributed by atoms with Gasteiger partial charge in [0.25, 0.3) is 5.91 Å². The maximum absolute atomic E-state index is 13.1. The highest BCUT2D eigenvalue weighted by molar-refractivity contribution is 5.91. The van der Waals surface area contributed by atoms with E-state index in [9.17, 15) is 4.79 Å².